The zero-order chi connectivity index (χ0) is 15.6. The molecule has 1 N–H and O–H groups in total. The van der Waals surface area contributed by atoms with Gasteiger partial charge in [-0.1, -0.05) is 22.0 Å². The zero-order valence-electron chi connectivity index (χ0n) is 10.3. The minimum Gasteiger partial charge on any atom is -0.478 e. The maximum atomic E-state index is 12.6. The third kappa shape index (κ3) is 3.75. The van der Waals surface area contributed by atoms with Gasteiger partial charge >= 0.3 is 12.1 Å². The summed E-state index contributed by atoms with van der Waals surface area (Å²) >= 11 is 3.22. The third-order valence-corrected chi connectivity index (χ3v) is 3.05. The maximum Gasteiger partial charge on any atom is 0.416 e. The van der Waals surface area contributed by atoms with Crippen molar-refractivity contribution in [3.05, 3.63) is 58.1 Å². The Morgan fingerprint density at radius 1 is 1.14 bits per heavy atom. The molecule has 0 aromatic heterocycles. The van der Waals surface area contributed by atoms with Crippen molar-refractivity contribution in [2.24, 2.45) is 0 Å². The fourth-order valence-electron chi connectivity index (χ4n) is 1.62. The number of rotatable bonds is 3. The second-order valence-corrected chi connectivity index (χ2v) is 4.99. The van der Waals surface area contributed by atoms with E-state index in [0.29, 0.717) is 16.3 Å². The quantitative estimate of drug-likeness (QED) is 0.841. The highest BCUT2D eigenvalue weighted by Crippen LogP contribution is 2.34. The number of hydrogen-bond acceptors (Lipinski definition) is 2. The molecule has 0 atom stereocenters. The van der Waals surface area contributed by atoms with Crippen LogP contribution >= 0.6 is 15.9 Å². The molecule has 0 bridgehead atoms. The SMILES string of the molecule is O=C(O)c1cc(C(F)(F)F)ccc1Oc1cccc(Br)c1. The molecular weight excluding hydrogens is 353 g/mol. The van der Waals surface area contributed by atoms with Crippen molar-refractivity contribution in [2.75, 3.05) is 0 Å². The molecular formula is C14H8BrF3O3. The fourth-order valence-corrected chi connectivity index (χ4v) is 2.00. The molecule has 0 saturated carbocycles. The highest BCUT2D eigenvalue weighted by Gasteiger charge is 2.32. The molecule has 3 nitrogen and oxygen atoms in total. The first-order valence-corrected chi connectivity index (χ1v) is 6.44. The van der Waals surface area contributed by atoms with Crippen LogP contribution in [0.15, 0.2) is 46.9 Å². The van der Waals surface area contributed by atoms with Crippen LogP contribution in [0, 0.1) is 0 Å². The number of aromatic carboxylic acids is 1. The Morgan fingerprint density at radius 3 is 2.43 bits per heavy atom. The smallest absolute Gasteiger partial charge is 0.416 e. The van der Waals surface area contributed by atoms with Crippen LogP contribution in [0.25, 0.3) is 0 Å². The van der Waals surface area contributed by atoms with Crippen LogP contribution in [-0.2, 0) is 6.18 Å². The van der Waals surface area contributed by atoms with Gasteiger partial charge in [-0.05, 0) is 36.4 Å². The molecule has 0 heterocycles. The van der Waals surface area contributed by atoms with Crippen molar-refractivity contribution >= 4 is 21.9 Å². The first kappa shape index (κ1) is 15.4. The molecule has 0 spiro atoms. The molecule has 0 saturated heterocycles. The molecule has 7 heteroatoms. The van der Waals surface area contributed by atoms with Gasteiger partial charge in [0.2, 0.25) is 0 Å². The van der Waals surface area contributed by atoms with Crippen LogP contribution in [0.2, 0.25) is 0 Å². The first-order chi connectivity index (χ1) is 9.77. The fraction of sp³-hybridized carbons (Fsp3) is 0.0714. The maximum absolute atomic E-state index is 12.6. The second kappa shape index (κ2) is 5.77. The normalized spacial score (nSPS) is 11.2. The Morgan fingerprint density at radius 2 is 1.86 bits per heavy atom. The van der Waals surface area contributed by atoms with Crippen molar-refractivity contribution in [1.82, 2.24) is 0 Å². The van der Waals surface area contributed by atoms with Crippen LogP contribution < -0.4 is 4.74 Å². The second-order valence-electron chi connectivity index (χ2n) is 4.07. The molecule has 2 aromatic rings. The van der Waals surface area contributed by atoms with Gasteiger partial charge in [0.15, 0.2) is 0 Å². The van der Waals surface area contributed by atoms with Gasteiger partial charge in [-0.3, -0.25) is 0 Å². The van der Waals surface area contributed by atoms with E-state index >= 15 is 0 Å². The molecule has 0 aliphatic rings. The van der Waals surface area contributed by atoms with Crippen molar-refractivity contribution in [3.63, 3.8) is 0 Å². The predicted molar refractivity (Wildman–Crippen MR) is 72.6 cm³/mol. The third-order valence-electron chi connectivity index (χ3n) is 2.56. The number of carboxylic acid groups (broad SMARTS) is 1. The van der Waals surface area contributed by atoms with Crippen molar-refractivity contribution in [3.8, 4) is 11.5 Å². The summed E-state index contributed by atoms with van der Waals surface area (Å²) in [5.74, 6) is -1.34. The van der Waals surface area contributed by atoms with Gasteiger partial charge in [0.25, 0.3) is 0 Å². The van der Waals surface area contributed by atoms with Crippen molar-refractivity contribution < 1.29 is 27.8 Å². The van der Waals surface area contributed by atoms with E-state index in [9.17, 15) is 18.0 Å². The first-order valence-electron chi connectivity index (χ1n) is 5.65. The summed E-state index contributed by atoms with van der Waals surface area (Å²) in [6, 6.07) is 8.85. The average molecular weight is 361 g/mol. The number of ether oxygens (including phenoxy) is 1. The zero-order valence-corrected chi connectivity index (χ0v) is 11.9. The van der Waals surface area contributed by atoms with E-state index in [1.807, 2.05) is 0 Å². The number of carboxylic acids is 1. The minimum absolute atomic E-state index is 0.159. The lowest BCUT2D eigenvalue weighted by molar-refractivity contribution is -0.137. The molecule has 0 radical (unpaired) electrons. The van der Waals surface area contributed by atoms with Gasteiger partial charge in [0.1, 0.15) is 17.1 Å². The number of hydrogen-bond donors (Lipinski definition) is 1. The Labute approximate surface area is 126 Å². The lowest BCUT2D eigenvalue weighted by Crippen LogP contribution is -2.08. The number of halogens is 4. The van der Waals surface area contributed by atoms with E-state index in [-0.39, 0.29) is 5.75 Å². The van der Waals surface area contributed by atoms with E-state index < -0.39 is 23.3 Å². The topological polar surface area (TPSA) is 46.5 Å². The molecule has 2 rings (SSSR count). The van der Waals surface area contributed by atoms with E-state index in [1.165, 1.54) is 0 Å². The molecule has 110 valence electrons. The van der Waals surface area contributed by atoms with Gasteiger partial charge < -0.3 is 9.84 Å². The molecule has 0 fully saturated rings. The van der Waals surface area contributed by atoms with Gasteiger partial charge in [0.05, 0.1) is 5.56 Å². The highest BCUT2D eigenvalue weighted by molar-refractivity contribution is 9.10. The summed E-state index contributed by atoms with van der Waals surface area (Å²) < 4.78 is 43.8. The average Bonchev–Trinajstić information content (AvgIpc) is 2.37. The summed E-state index contributed by atoms with van der Waals surface area (Å²) in [5, 5.41) is 9.03. The Kier molecular flexibility index (Phi) is 4.22. The number of benzene rings is 2. The molecule has 21 heavy (non-hydrogen) atoms. The summed E-state index contributed by atoms with van der Waals surface area (Å²) in [6.07, 6.45) is -4.61. The molecule has 0 aliphatic heterocycles. The summed E-state index contributed by atoms with van der Waals surface area (Å²) in [5.41, 5.74) is -1.59. The Bertz CT molecular complexity index is 683. The highest BCUT2D eigenvalue weighted by atomic mass is 79.9. The van der Waals surface area contributed by atoms with Crippen molar-refractivity contribution in [2.45, 2.75) is 6.18 Å². The van der Waals surface area contributed by atoms with E-state index in [2.05, 4.69) is 15.9 Å². The van der Waals surface area contributed by atoms with Gasteiger partial charge in [-0.15, -0.1) is 0 Å². The molecule has 0 amide bonds. The van der Waals surface area contributed by atoms with Gasteiger partial charge in [-0.25, -0.2) is 4.79 Å². The van der Waals surface area contributed by atoms with Gasteiger partial charge in [0, 0.05) is 4.47 Å². The summed E-state index contributed by atoms with van der Waals surface area (Å²) in [7, 11) is 0. The van der Waals surface area contributed by atoms with Crippen LogP contribution in [-0.4, -0.2) is 11.1 Å². The van der Waals surface area contributed by atoms with Gasteiger partial charge in [-0.2, -0.15) is 13.2 Å². The van der Waals surface area contributed by atoms with E-state index in [4.69, 9.17) is 9.84 Å². The minimum atomic E-state index is -4.61. The Hall–Kier alpha value is -2.02. The van der Waals surface area contributed by atoms with Crippen molar-refractivity contribution in [1.29, 1.82) is 0 Å². The largest absolute Gasteiger partial charge is 0.478 e. The van der Waals surface area contributed by atoms with Crippen LogP contribution in [0.1, 0.15) is 15.9 Å². The lowest BCUT2D eigenvalue weighted by atomic mass is 10.1. The van der Waals surface area contributed by atoms with E-state index in [1.54, 1.807) is 24.3 Å². The van der Waals surface area contributed by atoms with E-state index in [0.717, 1.165) is 12.1 Å². The molecule has 0 unspecified atom stereocenters. The predicted octanol–water partition coefficient (Wildman–Crippen LogP) is 4.96. The van der Waals surface area contributed by atoms with Crippen LogP contribution in [0.3, 0.4) is 0 Å². The lowest BCUT2D eigenvalue weighted by Gasteiger charge is -2.12. The standard InChI is InChI=1S/C14H8BrF3O3/c15-9-2-1-3-10(7-9)21-12-5-4-8(14(16,17)18)6-11(12)13(19)20/h1-7H,(H,19,20). The molecule has 0 aliphatic carbocycles. The monoisotopic (exact) mass is 360 g/mol. The van der Waals surface area contributed by atoms with Crippen LogP contribution in [0.4, 0.5) is 13.2 Å². The summed E-state index contributed by atoms with van der Waals surface area (Å²) in [4.78, 5) is 11.1. The molecule has 2 aromatic carbocycles. The summed E-state index contributed by atoms with van der Waals surface area (Å²) in [6.45, 7) is 0. The van der Waals surface area contributed by atoms with Crippen LogP contribution in [0.5, 0.6) is 11.5 Å². The number of alkyl halides is 3. The number of carbonyl (C=O) groups is 1. The Balaban J connectivity index is 2.42.